The molecule has 1 saturated heterocycles. The summed E-state index contributed by atoms with van der Waals surface area (Å²) in [7, 11) is 0. The van der Waals surface area contributed by atoms with Crippen LogP contribution in [-0.4, -0.2) is 69.7 Å². The van der Waals surface area contributed by atoms with E-state index in [9.17, 15) is 24.7 Å². The minimum Gasteiger partial charge on any atom is -0.543 e. The molecule has 0 unspecified atom stereocenters. The van der Waals surface area contributed by atoms with Crippen LogP contribution in [0.3, 0.4) is 0 Å². The van der Waals surface area contributed by atoms with Gasteiger partial charge in [-0.15, -0.1) is 16.3 Å². The lowest BCUT2D eigenvalue weighted by Crippen LogP contribution is -2.71. The number of rotatable bonds is 6. The molecule has 5 heterocycles. The van der Waals surface area contributed by atoms with Crippen LogP contribution in [0.1, 0.15) is 5.82 Å². The van der Waals surface area contributed by atoms with Gasteiger partial charge in [-0.25, -0.2) is 4.57 Å². The fraction of sp³-hybridized carbons (Fsp3) is 0.222. The average Bonchev–Trinajstić information content (AvgIpc) is 3.43. The number of thioether (sulfide) groups is 1. The molecule has 1 fully saturated rings. The van der Waals surface area contributed by atoms with Gasteiger partial charge in [0.05, 0.1) is 29.6 Å². The number of hydrogen-bond acceptors (Lipinski definition) is 13. The molecule has 0 aromatic carbocycles. The normalized spacial score (nSPS) is 20.1. The highest BCUT2D eigenvalue weighted by Gasteiger charge is 2.53. The van der Waals surface area contributed by atoms with Crippen LogP contribution in [-0.2, 0) is 20.9 Å². The Balaban J connectivity index is 1.38. The smallest absolute Gasteiger partial charge is 0.309 e. The number of aromatic nitrogens is 5. The minimum absolute atomic E-state index is 0.0614. The Hall–Kier alpha value is -4.25. The summed E-state index contributed by atoms with van der Waals surface area (Å²) >= 11 is 2.08. The number of fused-ring (bicyclic) bond motifs is 2. The van der Waals surface area contributed by atoms with Crippen molar-refractivity contribution in [2.75, 3.05) is 17.2 Å². The predicted molar refractivity (Wildman–Crippen MR) is 119 cm³/mol. The lowest BCUT2D eigenvalue weighted by atomic mass is 10.0. The first kappa shape index (κ1) is 22.5. The summed E-state index contributed by atoms with van der Waals surface area (Å²) in [4.78, 5) is 42.4. The maximum atomic E-state index is 12.9. The summed E-state index contributed by atoms with van der Waals surface area (Å²) in [6.45, 7) is 0.156. The van der Waals surface area contributed by atoms with Crippen molar-refractivity contribution in [3.05, 3.63) is 41.8 Å². The van der Waals surface area contributed by atoms with Crippen molar-refractivity contribution in [1.29, 1.82) is 0 Å². The third-order valence-corrected chi connectivity index (χ3v) is 7.28. The fourth-order valence-corrected chi connectivity index (χ4v) is 5.62. The van der Waals surface area contributed by atoms with Crippen LogP contribution < -0.4 is 26.5 Å². The van der Waals surface area contributed by atoms with Crippen LogP contribution in [0.5, 0.6) is 0 Å². The fourth-order valence-electron chi connectivity index (χ4n) is 3.86. The number of anilines is 2. The number of nitrogens with one attached hydrogen (secondary N) is 1. The Morgan fingerprint density at radius 1 is 1.40 bits per heavy atom. The minimum atomic E-state index is -1.51. The molecule has 2 atom stereocenters. The van der Waals surface area contributed by atoms with Gasteiger partial charge in [-0.1, -0.05) is 10.3 Å². The van der Waals surface area contributed by atoms with Gasteiger partial charge in [-0.3, -0.25) is 14.5 Å². The van der Waals surface area contributed by atoms with Crippen LogP contribution in [0.4, 0.5) is 10.8 Å². The first-order valence-electron chi connectivity index (χ1n) is 9.91. The van der Waals surface area contributed by atoms with Crippen molar-refractivity contribution in [2.24, 2.45) is 5.16 Å². The number of aliphatic carboxylic acids is 1. The maximum absolute atomic E-state index is 12.9. The van der Waals surface area contributed by atoms with Gasteiger partial charge < -0.3 is 31.9 Å². The molecule has 6 N–H and O–H groups in total. The number of oxime groups is 1. The van der Waals surface area contributed by atoms with Crippen molar-refractivity contribution < 1.29 is 29.3 Å². The van der Waals surface area contributed by atoms with E-state index in [0.29, 0.717) is 16.9 Å². The molecule has 2 amide bonds. The first-order chi connectivity index (χ1) is 16.8. The van der Waals surface area contributed by atoms with Crippen LogP contribution in [0.2, 0.25) is 0 Å². The van der Waals surface area contributed by atoms with E-state index in [2.05, 4.69) is 24.9 Å². The number of carbonyl (C=O) groups excluding carboxylic acids is 3. The zero-order valence-corrected chi connectivity index (χ0v) is 19.2. The van der Waals surface area contributed by atoms with Gasteiger partial charge in [0.25, 0.3) is 11.8 Å². The zero-order chi connectivity index (χ0) is 24.9. The molecule has 0 spiro atoms. The monoisotopic (exact) mass is 516 g/mol. The Morgan fingerprint density at radius 2 is 2.20 bits per heavy atom. The Kier molecular flexibility index (Phi) is 5.48. The number of carbonyl (C=O) groups is 3. The number of nitrogens with two attached hydrogens (primary N) is 2. The second-order valence-corrected chi connectivity index (χ2v) is 9.41. The van der Waals surface area contributed by atoms with Crippen molar-refractivity contribution in [3.63, 3.8) is 0 Å². The molecule has 17 heteroatoms. The van der Waals surface area contributed by atoms with Crippen LogP contribution >= 0.6 is 23.3 Å². The molecule has 3 aromatic heterocycles. The maximum Gasteiger partial charge on any atom is 0.309 e. The molecule has 0 radical (unpaired) electrons. The highest BCUT2D eigenvalue weighted by atomic mass is 32.2. The molecule has 0 saturated carbocycles. The quantitative estimate of drug-likeness (QED) is 0.0845. The van der Waals surface area contributed by atoms with Gasteiger partial charge in [0, 0.05) is 22.9 Å². The van der Waals surface area contributed by atoms with E-state index in [0.717, 1.165) is 16.4 Å². The van der Waals surface area contributed by atoms with Gasteiger partial charge in [-0.2, -0.15) is 9.36 Å². The molecule has 3 aromatic rings. The molecule has 2 aliphatic heterocycles. The zero-order valence-electron chi connectivity index (χ0n) is 17.6. The van der Waals surface area contributed by atoms with Gasteiger partial charge in [0.2, 0.25) is 11.5 Å². The Morgan fingerprint density at radius 3 is 2.89 bits per heavy atom. The summed E-state index contributed by atoms with van der Waals surface area (Å²) in [5.41, 5.74) is 12.1. The largest absolute Gasteiger partial charge is 0.543 e. The molecule has 15 nitrogen and oxygen atoms in total. The average molecular weight is 517 g/mol. The van der Waals surface area contributed by atoms with Gasteiger partial charge in [-0.05, 0) is 0 Å². The van der Waals surface area contributed by atoms with E-state index in [1.54, 1.807) is 27.5 Å². The summed E-state index contributed by atoms with van der Waals surface area (Å²) in [6.07, 6.45) is 4.90. The summed E-state index contributed by atoms with van der Waals surface area (Å²) in [5.74, 6) is -3.00. The number of carboxylic acids is 1. The van der Waals surface area contributed by atoms with Crippen molar-refractivity contribution in [1.82, 2.24) is 29.2 Å². The highest BCUT2D eigenvalue weighted by Crippen LogP contribution is 2.40. The molecular weight excluding hydrogens is 500 g/mol. The van der Waals surface area contributed by atoms with Gasteiger partial charge in [0.15, 0.2) is 11.3 Å². The number of carboxylic acid groups (broad SMARTS) is 1. The number of imidazole rings is 1. The molecular formula is C18H16N10O5S2. The predicted octanol–water partition coefficient (Wildman–Crippen LogP) is -3.08. The van der Waals surface area contributed by atoms with Crippen LogP contribution in [0, 0.1) is 0 Å². The van der Waals surface area contributed by atoms with E-state index < -0.39 is 34.9 Å². The van der Waals surface area contributed by atoms with E-state index in [1.165, 1.54) is 18.0 Å². The number of nitrogens with zero attached hydrogens (tertiary/aromatic N) is 7. The van der Waals surface area contributed by atoms with Crippen molar-refractivity contribution in [2.45, 2.75) is 18.0 Å². The number of amides is 2. The molecule has 5 rings (SSSR count). The van der Waals surface area contributed by atoms with E-state index in [1.807, 2.05) is 0 Å². The van der Waals surface area contributed by atoms with Crippen LogP contribution in [0.15, 0.2) is 41.1 Å². The third kappa shape index (κ3) is 3.79. The standard InChI is InChI=1S/C18H16N10O5S2/c19-8-3-9-26(1-2-27(9)21-4-8)5-7-6-34-16-11(15(30)28(16)12(7)17(31)32)22-14(29)10(24-33)13-23-18(20)35-25-13/h1-4,11,16,19H,5-6H2,(H5,20,22,23,25,29,31,32,33)/t11-,16-/m1/s1. The van der Waals surface area contributed by atoms with E-state index >= 15 is 0 Å². The molecule has 180 valence electrons. The van der Waals surface area contributed by atoms with Crippen molar-refractivity contribution in [3.8, 4) is 0 Å². The summed E-state index contributed by atoms with van der Waals surface area (Å²) in [5, 5.41) is 30.1. The molecule has 0 bridgehead atoms. The van der Waals surface area contributed by atoms with Crippen LogP contribution in [0.25, 0.3) is 5.65 Å². The Bertz CT molecular complexity index is 1450. The lowest BCUT2D eigenvalue weighted by molar-refractivity contribution is -0.662. The second kappa shape index (κ2) is 8.51. The van der Waals surface area contributed by atoms with E-state index in [-0.39, 0.29) is 29.0 Å². The number of nitrogen functional groups attached to an aromatic ring is 2. The van der Waals surface area contributed by atoms with Crippen molar-refractivity contribution >= 4 is 63.3 Å². The topological polar surface area (TPSA) is 221 Å². The lowest BCUT2D eigenvalue weighted by Gasteiger charge is -2.50. The number of β-lactam (4-membered cyclic amide) rings is 1. The number of hydrogen-bond donors (Lipinski definition) is 4. The first-order valence-corrected chi connectivity index (χ1v) is 11.7. The SMILES string of the molecule is Nc1cnn2cc[n+](CC3=C(C(=O)[O-])N4C(=O)[C@@H](NC(=O)/C(=N\O)c5nsc(N)n5)[C@H]4SC3)c2c1. The summed E-state index contributed by atoms with van der Waals surface area (Å²) < 4.78 is 7.15. The third-order valence-electron chi connectivity index (χ3n) is 5.40. The highest BCUT2D eigenvalue weighted by molar-refractivity contribution is 8.00. The second-order valence-electron chi connectivity index (χ2n) is 7.52. The summed E-state index contributed by atoms with van der Waals surface area (Å²) in [6, 6.07) is 0.638. The van der Waals surface area contributed by atoms with Gasteiger partial charge >= 0.3 is 5.65 Å². The van der Waals surface area contributed by atoms with E-state index in [4.69, 9.17) is 11.5 Å². The molecule has 35 heavy (non-hydrogen) atoms. The van der Waals surface area contributed by atoms with Gasteiger partial charge in [0.1, 0.15) is 24.2 Å². The Labute approximate surface area is 203 Å². The molecule has 2 aliphatic rings. The molecule has 0 aliphatic carbocycles.